The number of carboxylic acids is 1. The van der Waals surface area contributed by atoms with Crippen LogP contribution in [0.25, 0.3) is 10.9 Å². The first-order chi connectivity index (χ1) is 16.2. The minimum absolute atomic E-state index is 0.0752. The molecule has 11 nitrogen and oxygen atoms in total. The summed E-state index contributed by atoms with van der Waals surface area (Å²) in [5.74, 6) is -1.75. The third kappa shape index (κ3) is 8.27. The Labute approximate surface area is 202 Å². The van der Waals surface area contributed by atoms with E-state index in [2.05, 4.69) is 20.6 Å². The number of H-pyrrole nitrogens is 1. The summed E-state index contributed by atoms with van der Waals surface area (Å²) in [7, 11) is 0. The van der Waals surface area contributed by atoms with Crippen molar-refractivity contribution in [1.29, 1.82) is 0 Å². The van der Waals surface area contributed by atoms with Crippen molar-refractivity contribution >= 4 is 46.4 Å². The second kappa shape index (κ2) is 13.5. The van der Waals surface area contributed by atoms with E-state index in [4.69, 9.17) is 17.2 Å². The van der Waals surface area contributed by atoms with Crippen LogP contribution in [-0.4, -0.2) is 70.5 Å². The van der Waals surface area contributed by atoms with Crippen molar-refractivity contribution in [2.75, 3.05) is 18.6 Å². The number of aromatic nitrogens is 1. The van der Waals surface area contributed by atoms with Crippen molar-refractivity contribution in [3.05, 3.63) is 36.0 Å². The lowest BCUT2D eigenvalue weighted by Crippen LogP contribution is -2.54. The summed E-state index contributed by atoms with van der Waals surface area (Å²) in [5.41, 5.74) is 18.6. The van der Waals surface area contributed by atoms with Crippen molar-refractivity contribution in [1.82, 2.24) is 15.6 Å². The first-order valence-corrected chi connectivity index (χ1v) is 12.3. The number of aliphatic imine (C=N–C) groups is 1. The minimum atomic E-state index is -1.14. The molecule has 0 aliphatic carbocycles. The monoisotopic (exact) mass is 491 g/mol. The number of carbonyl (C=O) groups is 3. The van der Waals surface area contributed by atoms with Gasteiger partial charge >= 0.3 is 5.97 Å². The Morgan fingerprint density at radius 2 is 1.82 bits per heavy atom. The van der Waals surface area contributed by atoms with Crippen molar-refractivity contribution in [3.63, 3.8) is 0 Å². The molecular formula is C22H33N7O4S. The molecule has 0 fully saturated rings. The highest BCUT2D eigenvalue weighted by Crippen LogP contribution is 2.18. The first-order valence-electron chi connectivity index (χ1n) is 10.9. The summed E-state index contributed by atoms with van der Waals surface area (Å²) >= 11 is 1.48. The number of aliphatic carboxylic acids is 1. The molecule has 0 spiro atoms. The summed E-state index contributed by atoms with van der Waals surface area (Å²) in [5, 5.41) is 15.6. The molecule has 1 heterocycles. The van der Waals surface area contributed by atoms with Crippen molar-refractivity contribution in [2.24, 2.45) is 22.2 Å². The van der Waals surface area contributed by atoms with E-state index in [0.717, 1.165) is 16.5 Å². The van der Waals surface area contributed by atoms with E-state index in [0.29, 0.717) is 12.2 Å². The highest BCUT2D eigenvalue weighted by Gasteiger charge is 2.28. The molecule has 0 aliphatic heterocycles. The summed E-state index contributed by atoms with van der Waals surface area (Å²) in [6.45, 7) is 0.262. The number of carboxylic acid groups (broad SMARTS) is 1. The molecule has 3 atom stereocenters. The van der Waals surface area contributed by atoms with Crippen molar-refractivity contribution in [3.8, 4) is 0 Å². The highest BCUT2D eigenvalue weighted by molar-refractivity contribution is 7.98. The largest absolute Gasteiger partial charge is 0.480 e. The standard InChI is InChI=1S/C22H33N7O4S/c1-34-10-8-18(21(32)33)29-20(31)17(7-4-9-26-22(24)25)28-19(30)15(23)11-13-12-27-16-6-3-2-5-14(13)16/h2-3,5-6,12,15,17-18,27H,4,7-11,23H2,1H3,(H,28,30)(H,29,31)(H,32,33)(H4,24,25,26)/t15-,17-,18-/m0/s1. The van der Waals surface area contributed by atoms with Crippen LogP contribution in [0, 0.1) is 0 Å². The second-order valence-corrected chi connectivity index (χ2v) is 8.85. The predicted molar refractivity (Wildman–Crippen MR) is 134 cm³/mol. The fraction of sp³-hybridized carbons (Fsp3) is 0.455. The van der Waals surface area contributed by atoms with E-state index in [1.807, 2.05) is 30.5 Å². The summed E-state index contributed by atoms with van der Waals surface area (Å²) < 4.78 is 0. The van der Waals surface area contributed by atoms with Crippen LogP contribution in [0.15, 0.2) is 35.5 Å². The molecule has 0 aliphatic rings. The smallest absolute Gasteiger partial charge is 0.326 e. The zero-order valence-corrected chi connectivity index (χ0v) is 19.9. The molecule has 0 unspecified atom stereocenters. The zero-order chi connectivity index (χ0) is 25.1. The lowest BCUT2D eigenvalue weighted by Gasteiger charge is -2.23. The fourth-order valence-electron chi connectivity index (χ4n) is 3.45. The number of nitrogens with two attached hydrogens (primary N) is 3. The van der Waals surface area contributed by atoms with Crippen molar-refractivity contribution in [2.45, 2.75) is 43.8 Å². The summed E-state index contributed by atoms with van der Waals surface area (Å²) in [4.78, 5) is 44.3. The maximum atomic E-state index is 12.9. The van der Waals surface area contributed by atoms with Gasteiger partial charge in [-0.25, -0.2) is 4.79 Å². The molecule has 34 heavy (non-hydrogen) atoms. The number of guanidine groups is 1. The number of nitrogens with one attached hydrogen (secondary N) is 3. The molecule has 2 rings (SSSR count). The van der Waals surface area contributed by atoms with Crippen LogP contribution < -0.4 is 27.8 Å². The molecule has 2 amide bonds. The van der Waals surface area contributed by atoms with Gasteiger partial charge in [0.1, 0.15) is 12.1 Å². The maximum absolute atomic E-state index is 12.9. The molecule has 186 valence electrons. The quantitative estimate of drug-likeness (QED) is 0.108. The van der Waals surface area contributed by atoms with Gasteiger partial charge in [0.2, 0.25) is 11.8 Å². The summed E-state index contributed by atoms with van der Waals surface area (Å²) in [6, 6.07) is 4.73. The van der Waals surface area contributed by atoms with Gasteiger partial charge < -0.3 is 37.9 Å². The Kier molecular flexibility index (Phi) is 10.7. The Hall–Kier alpha value is -3.25. The van der Waals surface area contributed by atoms with Crippen LogP contribution in [0.4, 0.5) is 0 Å². The van der Waals surface area contributed by atoms with Gasteiger partial charge in [0.15, 0.2) is 5.96 Å². The molecule has 10 N–H and O–H groups in total. The Bertz CT molecular complexity index is 1010. The van der Waals surface area contributed by atoms with Crippen LogP contribution in [0.3, 0.4) is 0 Å². The first kappa shape index (κ1) is 27.0. The average Bonchev–Trinajstić information content (AvgIpc) is 3.20. The topological polar surface area (TPSA) is 202 Å². The predicted octanol–water partition coefficient (Wildman–Crippen LogP) is -0.101. The summed E-state index contributed by atoms with van der Waals surface area (Å²) in [6.07, 6.45) is 4.79. The number of thioether (sulfide) groups is 1. The van der Waals surface area contributed by atoms with E-state index >= 15 is 0 Å². The number of fused-ring (bicyclic) bond motifs is 1. The van der Waals surface area contributed by atoms with Gasteiger partial charge in [0.05, 0.1) is 6.04 Å². The number of rotatable bonds is 14. The van der Waals surface area contributed by atoms with Gasteiger partial charge in [-0.1, -0.05) is 18.2 Å². The maximum Gasteiger partial charge on any atom is 0.326 e. The van der Waals surface area contributed by atoms with E-state index in [9.17, 15) is 19.5 Å². The van der Waals surface area contributed by atoms with E-state index in [1.165, 1.54) is 11.8 Å². The van der Waals surface area contributed by atoms with Crippen LogP contribution in [0.2, 0.25) is 0 Å². The molecule has 2 aromatic rings. The van der Waals surface area contributed by atoms with Gasteiger partial charge in [-0.15, -0.1) is 0 Å². The molecule has 0 radical (unpaired) electrons. The molecule has 12 heteroatoms. The molecule has 0 saturated carbocycles. The third-order valence-electron chi connectivity index (χ3n) is 5.26. The Morgan fingerprint density at radius 3 is 2.50 bits per heavy atom. The number of nitrogens with zero attached hydrogens (tertiary/aromatic N) is 1. The highest BCUT2D eigenvalue weighted by atomic mass is 32.2. The van der Waals surface area contributed by atoms with E-state index < -0.39 is 35.9 Å². The Balaban J connectivity index is 2.07. The average molecular weight is 492 g/mol. The van der Waals surface area contributed by atoms with Crippen LogP contribution in [0.5, 0.6) is 0 Å². The normalized spacial score (nSPS) is 13.6. The van der Waals surface area contributed by atoms with Crippen LogP contribution in [0.1, 0.15) is 24.8 Å². The second-order valence-electron chi connectivity index (χ2n) is 7.86. The zero-order valence-electron chi connectivity index (χ0n) is 19.1. The van der Waals surface area contributed by atoms with E-state index in [-0.39, 0.29) is 31.8 Å². The number of benzene rings is 1. The molecular weight excluding hydrogens is 458 g/mol. The number of aromatic amines is 1. The fourth-order valence-corrected chi connectivity index (χ4v) is 3.92. The van der Waals surface area contributed by atoms with Gasteiger partial charge in [-0.3, -0.25) is 14.6 Å². The number of hydrogen-bond donors (Lipinski definition) is 7. The lowest BCUT2D eigenvalue weighted by atomic mass is 10.0. The van der Waals surface area contributed by atoms with Gasteiger partial charge in [-0.2, -0.15) is 11.8 Å². The van der Waals surface area contributed by atoms with Crippen LogP contribution in [-0.2, 0) is 20.8 Å². The minimum Gasteiger partial charge on any atom is -0.480 e. The van der Waals surface area contributed by atoms with Crippen LogP contribution >= 0.6 is 11.8 Å². The SMILES string of the molecule is CSCC[C@H](NC(=O)[C@H](CCCN=C(N)N)NC(=O)[C@@H](N)Cc1c[nH]c2ccccc12)C(=O)O. The Morgan fingerprint density at radius 1 is 1.12 bits per heavy atom. The third-order valence-corrected chi connectivity index (χ3v) is 5.90. The molecule has 0 saturated heterocycles. The van der Waals surface area contributed by atoms with Gasteiger partial charge in [-0.05, 0) is 49.3 Å². The number of hydrogen-bond acceptors (Lipinski definition) is 6. The lowest BCUT2D eigenvalue weighted by molar-refractivity contribution is -0.142. The van der Waals surface area contributed by atoms with Gasteiger partial charge in [0, 0.05) is 23.6 Å². The number of carbonyl (C=O) groups excluding carboxylic acids is 2. The number of para-hydroxylation sites is 1. The number of amides is 2. The van der Waals surface area contributed by atoms with Gasteiger partial charge in [0.25, 0.3) is 0 Å². The molecule has 1 aromatic heterocycles. The van der Waals surface area contributed by atoms with E-state index in [1.54, 1.807) is 6.20 Å². The molecule has 1 aromatic carbocycles. The molecule has 0 bridgehead atoms. The van der Waals surface area contributed by atoms with Crippen molar-refractivity contribution < 1.29 is 19.5 Å².